The summed E-state index contributed by atoms with van der Waals surface area (Å²) >= 11 is 0. The molecular formula is C38H56N14O8. The Morgan fingerprint density at radius 3 is 1.30 bits per heavy atom. The third kappa shape index (κ3) is 13.6. The van der Waals surface area contributed by atoms with Gasteiger partial charge in [-0.1, -0.05) is 25.7 Å². The van der Waals surface area contributed by atoms with Crippen molar-refractivity contribution in [3.63, 3.8) is 0 Å². The van der Waals surface area contributed by atoms with Gasteiger partial charge in [0, 0.05) is 52.7 Å². The van der Waals surface area contributed by atoms with Crippen LogP contribution in [0.3, 0.4) is 0 Å². The molecule has 0 bridgehead atoms. The van der Waals surface area contributed by atoms with Crippen molar-refractivity contribution in [3.8, 4) is 0 Å². The van der Waals surface area contributed by atoms with Crippen LogP contribution in [0.25, 0.3) is 0 Å². The van der Waals surface area contributed by atoms with Gasteiger partial charge < -0.3 is 60.4 Å². The lowest BCUT2D eigenvalue weighted by atomic mass is 10.1. The highest BCUT2D eigenvalue weighted by Gasteiger charge is 2.27. The molecule has 4 heterocycles. The fourth-order valence-electron chi connectivity index (χ4n) is 6.42. The van der Waals surface area contributed by atoms with Crippen molar-refractivity contribution < 1.29 is 29.0 Å². The van der Waals surface area contributed by atoms with E-state index >= 15 is 0 Å². The monoisotopic (exact) mass is 836 g/mol. The lowest BCUT2D eigenvalue weighted by Crippen LogP contribution is -2.28. The zero-order chi connectivity index (χ0) is 43.9. The molecule has 0 aliphatic carbocycles. The minimum Gasteiger partial charge on any atom is -0.358 e. The van der Waals surface area contributed by atoms with E-state index in [1.807, 2.05) is 38.0 Å². The van der Waals surface area contributed by atoms with E-state index in [9.17, 15) is 39.4 Å². The number of carbonyl (C=O) groups excluding carboxylic acids is 4. The van der Waals surface area contributed by atoms with Crippen LogP contribution < -0.4 is 21.3 Å². The molecule has 0 saturated carbocycles. The Morgan fingerprint density at radius 2 is 0.950 bits per heavy atom. The van der Waals surface area contributed by atoms with Crippen molar-refractivity contribution >= 4 is 46.6 Å². The highest BCUT2D eigenvalue weighted by molar-refractivity contribution is 6.04. The maximum Gasteiger partial charge on any atom is 0.382 e. The van der Waals surface area contributed by atoms with Crippen molar-refractivity contribution in [1.82, 2.24) is 48.7 Å². The first-order chi connectivity index (χ1) is 28.5. The maximum atomic E-state index is 13.2. The Kier molecular flexibility index (Phi) is 17.0. The van der Waals surface area contributed by atoms with Crippen molar-refractivity contribution in [2.45, 2.75) is 64.5 Å². The number of hydrogen-bond acceptors (Lipinski definition) is 12. The van der Waals surface area contributed by atoms with Crippen molar-refractivity contribution in [2.24, 2.45) is 14.1 Å². The molecule has 0 unspecified atom stereocenters. The highest BCUT2D eigenvalue weighted by Crippen LogP contribution is 2.20. The molecule has 60 heavy (non-hydrogen) atoms. The molecule has 0 radical (unpaired) electrons. The largest absolute Gasteiger partial charge is 0.382 e. The summed E-state index contributed by atoms with van der Waals surface area (Å²) in [5, 5.41) is 34.2. The van der Waals surface area contributed by atoms with Crippen LogP contribution >= 0.6 is 0 Å². The summed E-state index contributed by atoms with van der Waals surface area (Å²) in [6, 6.07) is 3.06. The molecule has 326 valence electrons. The first kappa shape index (κ1) is 46.3. The molecule has 0 aromatic carbocycles. The molecule has 0 aliphatic rings. The van der Waals surface area contributed by atoms with Crippen LogP contribution in [0, 0.1) is 20.2 Å². The number of rotatable bonds is 25. The number of unbranched alkanes of at least 4 members (excludes halogenated alkanes) is 5. The molecule has 22 nitrogen and oxygen atoms in total. The molecule has 0 fully saturated rings. The van der Waals surface area contributed by atoms with Gasteiger partial charge in [-0.15, -0.1) is 0 Å². The second kappa shape index (κ2) is 22.1. The number of aromatic nitrogens is 6. The molecule has 0 aliphatic heterocycles. The van der Waals surface area contributed by atoms with Gasteiger partial charge in [0.1, 0.15) is 23.8 Å². The molecule has 4 aromatic heterocycles. The maximum absolute atomic E-state index is 13.2. The summed E-state index contributed by atoms with van der Waals surface area (Å²) in [6.45, 7) is 3.23. The molecule has 0 atom stereocenters. The normalized spacial score (nSPS) is 11.3. The van der Waals surface area contributed by atoms with E-state index in [1.165, 1.54) is 33.7 Å². The number of aryl methyl sites for hydroxylation is 4. The zero-order valence-electron chi connectivity index (χ0n) is 35.1. The fourth-order valence-corrected chi connectivity index (χ4v) is 6.42. The Bertz CT molecular complexity index is 1980. The number of nitrogens with zero attached hydrogens (tertiary/aromatic N) is 10. The minimum atomic E-state index is -0.661. The van der Waals surface area contributed by atoms with E-state index in [0.717, 1.165) is 51.6 Å². The van der Waals surface area contributed by atoms with E-state index < -0.39 is 33.3 Å². The first-order valence-electron chi connectivity index (χ1n) is 19.8. The molecule has 4 amide bonds. The van der Waals surface area contributed by atoms with Crippen LogP contribution in [0.2, 0.25) is 0 Å². The predicted octanol–water partition coefficient (Wildman–Crippen LogP) is 3.48. The smallest absolute Gasteiger partial charge is 0.358 e. The van der Waals surface area contributed by atoms with Crippen LogP contribution in [0.1, 0.15) is 93.6 Å². The number of imidazole rings is 2. The van der Waals surface area contributed by atoms with Crippen LogP contribution in [0.4, 0.5) is 23.0 Å². The molecule has 4 N–H and O–H groups in total. The van der Waals surface area contributed by atoms with Crippen LogP contribution in [-0.4, -0.2) is 126 Å². The van der Waals surface area contributed by atoms with Crippen LogP contribution in [0.5, 0.6) is 0 Å². The second-order valence-electron chi connectivity index (χ2n) is 15.1. The van der Waals surface area contributed by atoms with E-state index in [2.05, 4.69) is 31.2 Å². The molecule has 4 rings (SSSR count). The average Bonchev–Trinajstić information content (AvgIpc) is 3.98. The quantitative estimate of drug-likeness (QED) is 0.0425. The van der Waals surface area contributed by atoms with E-state index in [-0.39, 0.29) is 23.5 Å². The first-order valence-corrected chi connectivity index (χ1v) is 19.8. The average molecular weight is 837 g/mol. The Balaban J connectivity index is 1.25. The van der Waals surface area contributed by atoms with Gasteiger partial charge in [-0.2, -0.15) is 0 Å². The summed E-state index contributed by atoms with van der Waals surface area (Å²) in [6.07, 6.45) is 11.5. The zero-order valence-corrected chi connectivity index (χ0v) is 35.1. The van der Waals surface area contributed by atoms with Gasteiger partial charge >= 0.3 is 35.1 Å². The third-order valence-electron chi connectivity index (χ3n) is 9.48. The van der Waals surface area contributed by atoms with Crippen molar-refractivity contribution in [3.05, 3.63) is 80.2 Å². The molecule has 0 spiro atoms. The molecule has 22 heteroatoms. The van der Waals surface area contributed by atoms with Gasteiger partial charge in [-0.3, -0.25) is 28.3 Å². The van der Waals surface area contributed by atoms with Gasteiger partial charge in [0.2, 0.25) is 0 Å². The number of anilines is 2. The third-order valence-corrected chi connectivity index (χ3v) is 9.48. The van der Waals surface area contributed by atoms with Gasteiger partial charge in [0.05, 0.1) is 11.4 Å². The lowest BCUT2D eigenvalue weighted by molar-refractivity contribution is -0.389. The number of amides is 4. The van der Waals surface area contributed by atoms with E-state index in [1.54, 1.807) is 35.6 Å². The SMILES string of the molecule is CN(C)CCCNC(=O)c1cc(NC(=O)c2nc([N+](=O)[O-])cn2CCCCCCCCn2cc([N+](=O)[O-])nc2C(=O)Nc2cc(C(=O)NCCCN(C)C)n(C)c2)cn1C. The second-order valence-corrected chi connectivity index (χ2v) is 15.1. The Morgan fingerprint density at radius 1 is 0.583 bits per heavy atom. The summed E-state index contributed by atoms with van der Waals surface area (Å²) in [5.41, 5.74) is 1.37. The van der Waals surface area contributed by atoms with Gasteiger partial charge in [0.25, 0.3) is 11.8 Å². The van der Waals surface area contributed by atoms with Crippen molar-refractivity contribution in [2.75, 3.05) is 65.0 Å². The standard InChI is InChI=1S/C38H56N14O8/c1-45(2)17-13-15-39-35(53)29-21-27(23-47(29)5)41-37(55)33-43-31(51(57)58)25-49(33)19-11-9-7-8-10-12-20-50-26-32(52(59)60)44-34(50)38(56)42-28-22-30(48(6)24-28)36(54)40-16-14-18-46(3)4/h21-26H,7-20H2,1-6H3,(H,39,53)(H,40,54)(H,41,55)(H,42,56). The number of carbonyl (C=O) groups is 4. The molecule has 0 saturated heterocycles. The highest BCUT2D eigenvalue weighted by atomic mass is 16.6. The summed E-state index contributed by atoms with van der Waals surface area (Å²) < 4.78 is 6.07. The van der Waals surface area contributed by atoms with Gasteiger partial charge in [-0.05, 0) is 98.9 Å². The van der Waals surface area contributed by atoms with Crippen molar-refractivity contribution in [1.29, 1.82) is 0 Å². The summed E-state index contributed by atoms with van der Waals surface area (Å²) in [7, 11) is 11.2. The molecular weight excluding hydrogens is 781 g/mol. The van der Waals surface area contributed by atoms with Crippen LogP contribution in [-0.2, 0) is 27.2 Å². The lowest BCUT2D eigenvalue weighted by Gasteiger charge is -2.10. The Labute approximate surface area is 347 Å². The molecule has 4 aromatic rings. The van der Waals surface area contributed by atoms with E-state index in [4.69, 9.17) is 0 Å². The minimum absolute atomic E-state index is 0.126. The predicted molar refractivity (Wildman–Crippen MR) is 223 cm³/mol. The number of hydrogen-bond donors (Lipinski definition) is 4. The topological polar surface area (TPSA) is 255 Å². The van der Waals surface area contributed by atoms with Gasteiger partial charge in [-0.25, -0.2) is 0 Å². The Hall–Kier alpha value is -6.42. The van der Waals surface area contributed by atoms with Gasteiger partial charge in [0.15, 0.2) is 0 Å². The number of nitrogens with one attached hydrogen (secondary N) is 4. The fraction of sp³-hybridized carbons (Fsp3) is 0.526. The summed E-state index contributed by atoms with van der Waals surface area (Å²) in [5.74, 6) is -3.05. The van der Waals surface area contributed by atoms with Crippen LogP contribution in [0.15, 0.2) is 36.9 Å². The summed E-state index contributed by atoms with van der Waals surface area (Å²) in [4.78, 5) is 85.5. The van der Waals surface area contributed by atoms with E-state index in [0.29, 0.717) is 61.8 Å². The number of nitro groups is 2.